The van der Waals surface area contributed by atoms with Crippen molar-refractivity contribution < 1.29 is 4.74 Å². The van der Waals surface area contributed by atoms with Crippen molar-refractivity contribution in [2.24, 2.45) is 0 Å². The van der Waals surface area contributed by atoms with Gasteiger partial charge in [-0.25, -0.2) is 0 Å². The highest BCUT2D eigenvalue weighted by Crippen LogP contribution is 2.27. The van der Waals surface area contributed by atoms with Crippen LogP contribution in [0.1, 0.15) is 24.8 Å². The molecule has 2 rings (SSSR count). The number of rotatable bonds is 2. The molecule has 0 amide bonds. The summed E-state index contributed by atoms with van der Waals surface area (Å²) in [6, 6.07) is 7.94. The van der Waals surface area contributed by atoms with Gasteiger partial charge in [0.15, 0.2) is 0 Å². The summed E-state index contributed by atoms with van der Waals surface area (Å²) in [5, 5.41) is 8.91. The lowest BCUT2D eigenvalue weighted by molar-refractivity contribution is 0.413. The van der Waals surface area contributed by atoms with Gasteiger partial charge >= 0.3 is 0 Å². The zero-order chi connectivity index (χ0) is 11.4. The van der Waals surface area contributed by atoms with Crippen molar-refractivity contribution in [3.63, 3.8) is 0 Å². The van der Waals surface area contributed by atoms with E-state index in [4.69, 9.17) is 10.00 Å². The molecule has 0 bridgehead atoms. The summed E-state index contributed by atoms with van der Waals surface area (Å²) in [5.74, 6) is 0.672. The molecule has 1 saturated heterocycles. The van der Waals surface area contributed by atoms with Crippen LogP contribution in [0.2, 0.25) is 0 Å². The van der Waals surface area contributed by atoms with Crippen LogP contribution in [0.3, 0.4) is 0 Å². The van der Waals surface area contributed by atoms with E-state index in [9.17, 15) is 0 Å². The third-order valence-corrected chi connectivity index (χ3v) is 3.03. The average Bonchev–Trinajstić information content (AvgIpc) is 2.39. The van der Waals surface area contributed by atoms with Crippen LogP contribution in [0.4, 0.5) is 5.69 Å². The van der Waals surface area contributed by atoms with Crippen molar-refractivity contribution >= 4 is 5.69 Å². The molecule has 1 heterocycles. The molecular formula is C13H16N2O. The van der Waals surface area contributed by atoms with Gasteiger partial charge < -0.3 is 9.64 Å². The van der Waals surface area contributed by atoms with Crippen LogP contribution < -0.4 is 9.64 Å². The predicted molar refractivity (Wildman–Crippen MR) is 63.8 cm³/mol. The van der Waals surface area contributed by atoms with Crippen molar-refractivity contribution in [2.75, 3.05) is 25.1 Å². The maximum Gasteiger partial charge on any atom is 0.138 e. The van der Waals surface area contributed by atoms with E-state index in [0.717, 1.165) is 18.8 Å². The Balaban J connectivity index is 2.25. The fourth-order valence-corrected chi connectivity index (χ4v) is 2.12. The van der Waals surface area contributed by atoms with Crippen LogP contribution in [0.15, 0.2) is 18.2 Å². The molecule has 1 aromatic carbocycles. The zero-order valence-corrected chi connectivity index (χ0v) is 9.57. The maximum absolute atomic E-state index is 8.91. The van der Waals surface area contributed by atoms with Crippen LogP contribution in [0, 0.1) is 11.3 Å². The largest absolute Gasteiger partial charge is 0.495 e. The third-order valence-electron chi connectivity index (χ3n) is 3.03. The van der Waals surface area contributed by atoms with E-state index in [1.54, 1.807) is 7.11 Å². The number of piperidine rings is 1. The Kier molecular flexibility index (Phi) is 3.31. The Morgan fingerprint density at radius 2 is 2.00 bits per heavy atom. The highest BCUT2D eigenvalue weighted by Gasteiger charge is 2.12. The number of nitrogens with zero attached hydrogens (tertiary/aromatic N) is 2. The molecule has 3 heteroatoms. The summed E-state index contributed by atoms with van der Waals surface area (Å²) in [7, 11) is 1.61. The average molecular weight is 216 g/mol. The second kappa shape index (κ2) is 4.89. The molecule has 0 radical (unpaired) electrons. The summed E-state index contributed by atoms with van der Waals surface area (Å²) >= 11 is 0. The van der Waals surface area contributed by atoms with Gasteiger partial charge in [-0.1, -0.05) is 0 Å². The van der Waals surface area contributed by atoms with Gasteiger partial charge in [0.2, 0.25) is 0 Å². The minimum absolute atomic E-state index is 0.600. The molecule has 84 valence electrons. The zero-order valence-electron chi connectivity index (χ0n) is 9.57. The van der Waals surface area contributed by atoms with Gasteiger partial charge in [-0.05, 0) is 31.4 Å². The van der Waals surface area contributed by atoms with E-state index in [0.29, 0.717) is 11.3 Å². The van der Waals surface area contributed by atoms with E-state index >= 15 is 0 Å². The number of hydrogen-bond donors (Lipinski definition) is 0. The van der Waals surface area contributed by atoms with E-state index < -0.39 is 0 Å². The third kappa shape index (κ3) is 2.11. The van der Waals surface area contributed by atoms with Crippen LogP contribution >= 0.6 is 0 Å². The Labute approximate surface area is 96.2 Å². The maximum atomic E-state index is 8.91. The normalized spacial score (nSPS) is 15.6. The van der Waals surface area contributed by atoms with E-state index in [1.165, 1.54) is 19.3 Å². The van der Waals surface area contributed by atoms with Crippen molar-refractivity contribution in [3.8, 4) is 11.8 Å². The monoisotopic (exact) mass is 216 g/mol. The van der Waals surface area contributed by atoms with Gasteiger partial charge in [0.05, 0.1) is 12.7 Å². The van der Waals surface area contributed by atoms with Gasteiger partial charge in [0.25, 0.3) is 0 Å². The number of ether oxygens (including phenoxy) is 1. The second-order valence-corrected chi connectivity index (χ2v) is 4.04. The standard InChI is InChI=1S/C13H16N2O/c1-16-13-9-12(6-5-11(13)10-14)15-7-3-2-4-8-15/h5-6,9H,2-4,7-8H2,1H3. The summed E-state index contributed by atoms with van der Waals surface area (Å²) in [6.07, 6.45) is 3.83. The van der Waals surface area contributed by atoms with E-state index in [2.05, 4.69) is 11.0 Å². The lowest BCUT2D eigenvalue weighted by Gasteiger charge is -2.29. The first-order valence-electron chi connectivity index (χ1n) is 5.68. The summed E-state index contributed by atoms with van der Waals surface area (Å²) in [5.41, 5.74) is 1.76. The Hall–Kier alpha value is -1.69. The van der Waals surface area contributed by atoms with Crippen LogP contribution in [0.5, 0.6) is 5.75 Å². The number of methoxy groups -OCH3 is 1. The molecule has 1 aromatic rings. The smallest absolute Gasteiger partial charge is 0.138 e. The van der Waals surface area contributed by atoms with Gasteiger partial charge in [0, 0.05) is 24.8 Å². The molecule has 0 atom stereocenters. The van der Waals surface area contributed by atoms with Crippen LogP contribution in [-0.4, -0.2) is 20.2 Å². The molecular weight excluding hydrogens is 200 g/mol. The van der Waals surface area contributed by atoms with E-state index in [-0.39, 0.29) is 0 Å². The van der Waals surface area contributed by atoms with Gasteiger partial charge in [0.1, 0.15) is 11.8 Å². The van der Waals surface area contributed by atoms with Gasteiger partial charge in [-0.3, -0.25) is 0 Å². The fraction of sp³-hybridized carbons (Fsp3) is 0.462. The molecule has 1 aliphatic rings. The molecule has 0 unspecified atom stereocenters. The lowest BCUT2D eigenvalue weighted by Crippen LogP contribution is -2.29. The highest BCUT2D eigenvalue weighted by molar-refractivity contribution is 5.57. The minimum atomic E-state index is 0.600. The number of hydrogen-bond acceptors (Lipinski definition) is 3. The van der Waals surface area contributed by atoms with Gasteiger partial charge in [-0.2, -0.15) is 5.26 Å². The first-order chi connectivity index (χ1) is 7.85. The van der Waals surface area contributed by atoms with Crippen LogP contribution in [0.25, 0.3) is 0 Å². The Morgan fingerprint density at radius 3 is 2.62 bits per heavy atom. The van der Waals surface area contributed by atoms with Crippen molar-refractivity contribution in [1.29, 1.82) is 5.26 Å². The molecule has 0 N–H and O–H groups in total. The van der Waals surface area contributed by atoms with Gasteiger partial charge in [-0.15, -0.1) is 0 Å². The minimum Gasteiger partial charge on any atom is -0.495 e. The summed E-state index contributed by atoms with van der Waals surface area (Å²) < 4.78 is 5.22. The van der Waals surface area contributed by atoms with E-state index in [1.807, 2.05) is 18.2 Å². The second-order valence-electron chi connectivity index (χ2n) is 4.04. The molecule has 1 fully saturated rings. The molecule has 16 heavy (non-hydrogen) atoms. The van der Waals surface area contributed by atoms with Crippen molar-refractivity contribution in [1.82, 2.24) is 0 Å². The first-order valence-corrected chi connectivity index (χ1v) is 5.68. The molecule has 0 aliphatic carbocycles. The highest BCUT2D eigenvalue weighted by atomic mass is 16.5. The predicted octanol–water partition coefficient (Wildman–Crippen LogP) is 2.56. The summed E-state index contributed by atoms with van der Waals surface area (Å²) in [6.45, 7) is 2.21. The van der Waals surface area contributed by atoms with Crippen molar-refractivity contribution in [3.05, 3.63) is 23.8 Å². The molecule has 0 aromatic heterocycles. The molecule has 0 saturated carbocycles. The molecule has 3 nitrogen and oxygen atoms in total. The van der Waals surface area contributed by atoms with Crippen LogP contribution in [-0.2, 0) is 0 Å². The Morgan fingerprint density at radius 1 is 1.25 bits per heavy atom. The fourth-order valence-electron chi connectivity index (χ4n) is 2.12. The topological polar surface area (TPSA) is 36.3 Å². The molecule has 0 spiro atoms. The lowest BCUT2D eigenvalue weighted by atomic mass is 10.1. The number of anilines is 1. The Bertz CT molecular complexity index is 403. The quantitative estimate of drug-likeness (QED) is 0.762. The summed E-state index contributed by atoms with van der Waals surface area (Å²) in [4.78, 5) is 2.35. The number of benzene rings is 1. The SMILES string of the molecule is COc1cc(N2CCCCC2)ccc1C#N. The number of nitriles is 1. The van der Waals surface area contributed by atoms with Crippen molar-refractivity contribution in [2.45, 2.75) is 19.3 Å². The first kappa shape index (κ1) is 10.8. The molecule has 1 aliphatic heterocycles.